The Morgan fingerprint density at radius 2 is 0.841 bits per heavy atom. The third-order valence-corrected chi connectivity index (χ3v) is 16.2. The molecule has 1 aliphatic heterocycles. The van der Waals surface area contributed by atoms with Crippen molar-refractivity contribution < 1.29 is 49.3 Å². The Bertz CT molecular complexity index is 1560. The van der Waals surface area contributed by atoms with Crippen molar-refractivity contribution in [2.24, 2.45) is 0 Å². The van der Waals surface area contributed by atoms with Crippen molar-refractivity contribution in [3.05, 3.63) is 60.8 Å². The van der Waals surface area contributed by atoms with Gasteiger partial charge >= 0.3 is 5.97 Å². The summed E-state index contributed by atoms with van der Waals surface area (Å²) in [6.45, 7) is 5.79. The largest absolute Gasteiger partial charge is 0.454 e. The van der Waals surface area contributed by atoms with E-state index in [1.54, 1.807) is 6.08 Å². The fourth-order valence-corrected chi connectivity index (χ4v) is 10.7. The van der Waals surface area contributed by atoms with Gasteiger partial charge in [-0.05, 0) is 70.6 Å². The number of carbonyl (C=O) groups excluding carboxylic acids is 2. The van der Waals surface area contributed by atoms with Crippen LogP contribution in [0.3, 0.4) is 0 Å². The molecule has 478 valence electrons. The first-order valence-corrected chi connectivity index (χ1v) is 34.6. The molecule has 8 atom stereocenters. The predicted octanol–water partition coefficient (Wildman–Crippen LogP) is 17.3. The minimum Gasteiger partial charge on any atom is -0.454 e. The molecule has 11 heteroatoms. The minimum atomic E-state index is -1.61. The Hall–Kier alpha value is -2.64. The molecule has 82 heavy (non-hydrogen) atoms. The lowest BCUT2D eigenvalue weighted by Gasteiger charge is -2.41. The van der Waals surface area contributed by atoms with E-state index in [0.29, 0.717) is 12.8 Å². The quantitative estimate of drug-likeness (QED) is 0.0195. The molecule has 8 unspecified atom stereocenters. The number of unbranched alkanes of at least 4 members (excludes halogenated alkanes) is 37. The van der Waals surface area contributed by atoms with Gasteiger partial charge in [0.2, 0.25) is 5.91 Å². The number of nitrogens with one attached hydrogen (secondary N) is 1. The SMILES string of the molecule is CCCCC/C=C\C/C=C\C/C=C\C/C=C\CCCCCCCCCCCCC(O)C(=O)NC(COC1OC(CO)C(O)C(O)C1OC(=O)CCCCCCCCCCCCCCCC)C(O)/C=C/CCCCCCCCCCCCC. The Morgan fingerprint density at radius 3 is 1.28 bits per heavy atom. The number of allylic oxidation sites excluding steroid dienone is 9. The first-order valence-electron chi connectivity index (χ1n) is 34.6. The van der Waals surface area contributed by atoms with Gasteiger partial charge in [-0.3, -0.25) is 9.59 Å². The van der Waals surface area contributed by atoms with Crippen LogP contribution in [0.1, 0.15) is 316 Å². The van der Waals surface area contributed by atoms with Crippen LogP contribution in [-0.4, -0.2) is 99.6 Å². The monoisotopic (exact) mass is 1160 g/mol. The zero-order valence-corrected chi connectivity index (χ0v) is 53.1. The molecular formula is C71H129NO10. The Balaban J connectivity index is 2.59. The van der Waals surface area contributed by atoms with Crippen molar-refractivity contribution in [3.8, 4) is 0 Å². The molecule has 1 saturated heterocycles. The molecule has 0 saturated carbocycles. The van der Waals surface area contributed by atoms with Gasteiger partial charge in [-0.15, -0.1) is 0 Å². The van der Waals surface area contributed by atoms with Gasteiger partial charge in [-0.2, -0.15) is 0 Å². The number of ether oxygens (including phenoxy) is 3. The van der Waals surface area contributed by atoms with Crippen molar-refractivity contribution in [1.29, 1.82) is 0 Å². The van der Waals surface area contributed by atoms with Crippen molar-refractivity contribution in [2.45, 2.75) is 365 Å². The maximum Gasteiger partial charge on any atom is 0.306 e. The maximum absolute atomic E-state index is 13.5. The van der Waals surface area contributed by atoms with E-state index in [1.165, 1.54) is 186 Å². The lowest BCUT2D eigenvalue weighted by Crippen LogP contribution is -2.61. The molecule has 0 spiro atoms. The maximum atomic E-state index is 13.5. The predicted molar refractivity (Wildman–Crippen MR) is 343 cm³/mol. The first-order chi connectivity index (χ1) is 40.2. The van der Waals surface area contributed by atoms with Crippen LogP contribution in [0.4, 0.5) is 0 Å². The van der Waals surface area contributed by atoms with Crippen molar-refractivity contribution >= 4 is 11.9 Å². The third-order valence-electron chi connectivity index (χ3n) is 16.2. The molecular weight excluding hydrogens is 1030 g/mol. The van der Waals surface area contributed by atoms with Gasteiger partial charge in [0.25, 0.3) is 0 Å². The van der Waals surface area contributed by atoms with E-state index in [9.17, 15) is 35.1 Å². The summed E-state index contributed by atoms with van der Waals surface area (Å²) in [5, 5.41) is 57.2. The third kappa shape index (κ3) is 45.7. The van der Waals surface area contributed by atoms with E-state index < -0.39 is 67.4 Å². The zero-order chi connectivity index (χ0) is 59.6. The summed E-state index contributed by atoms with van der Waals surface area (Å²) in [5.74, 6) is -1.19. The highest BCUT2D eigenvalue weighted by atomic mass is 16.7. The highest BCUT2D eigenvalue weighted by Gasteiger charge is 2.47. The van der Waals surface area contributed by atoms with E-state index in [4.69, 9.17) is 14.2 Å². The van der Waals surface area contributed by atoms with Gasteiger partial charge in [-0.25, -0.2) is 0 Å². The number of hydrogen-bond acceptors (Lipinski definition) is 10. The Kier molecular flexibility index (Phi) is 55.4. The number of carbonyl (C=O) groups is 2. The molecule has 1 fully saturated rings. The molecule has 0 aliphatic carbocycles. The molecule has 0 aromatic heterocycles. The summed E-state index contributed by atoms with van der Waals surface area (Å²) in [4.78, 5) is 26.6. The lowest BCUT2D eigenvalue weighted by atomic mass is 9.99. The Morgan fingerprint density at radius 1 is 0.476 bits per heavy atom. The molecule has 1 heterocycles. The second-order valence-corrected chi connectivity index (χ2v) is 23.9. The number of amides is 1. The van der Waals surface area contributed by atoms with Crippen LogP contribution in [0.15, 0.2) is 60.8 Å². The molecule has 0 aromatic rings. The van der Waals surface area contributed by atoms with Gasteiger partial charge < -0.3 is 45.1 Å². The van der Waals surface area contributed by atoms with Crippen LogP contribution >= 0.6 is 0 Å². The van der Waals surface area contributed by atoms with Gasteiger partial charge in [-0.1, -0.05) is 300 Å². The summed E-state index contributed by atoms with van der Waals surface area (Å²) in [6.07, 6.45) is 64.0. The number of aliphatic hydroxyl groups excluding tert-OH is 5. The van der Waals surface area contributed by atoms with E-state index in [2.05, 4.69) is 74.7 Å². The number of aliphatic hydroxyl groups is 5. The molecule has 1 aliphatic rings. The van der Waals surface area contributed by atoms with E-state index >= 15 is 0 Å². The molecule has 0 aromatic carbocycles. The van der Waals surface area contributed by atoms with E-state index in [1.807, 2.05) is 6.08 Å². The average molecular weight is 1160 g/mol. The highest BCUT2D eigenvalue weighted by molar-refractivity contribution is 5.80. The zero-order valence-electron chi connectivity index (χ0n) is 53.1. The molecule has 0 bridgehead atoms. The number of hydrogen-bond donors (Lipinski definition) is 6. The summed E-state index contributed by atoms with van der Waals surface area (Å²) in [5.41, 5.74) is 0. The van der Waals surface area contributed by atoms with Gasteiger partial charge in [0.05, 0.1) is 25.4 Å². The van der Waals surface area contributed by atoms with Crippen LogP contribution in [0.2, 0.25) is 0 Å². The van der Waals surface area contributed by atoms with Crippen LogP contribution in [0, 0.1) is 0 Å². The highest BCUT2D eigenvalue weighted by Crippen LogP contribution is 2.26. The van der Waals surface area contributed by atoms with Crippen LogP contribution in [0.25, 0.3) is 0 Å². The van der Waals surface area contributed by atoms with Crippen LogP contribution < -0.4 is 5.32 Å². The normalized spacial score (nSPS) is 19.0. The van der Waals surface area contributed by atoms with Gasteiger partial charge in [0.15, 0.2) is 12.4 Å². The summed E-state index contributed by atoms with van der Waals surface area (Å²) in [6, 6.07) is -1.03. The van der Waals surface area contributed by atoms with Crippen molar-refractivity contribution in [2.75, 3.05) is 13.2 Å². The minimum absolute atomic E-state index is 0.126. The number of esters is 1. The number of rotatable bonds is 59. The average Bonchev–Trinajstić information content (AvgIpc) is 3.55. The smallest absolute Gasteiger partial charge is 0.306 e. The van der Waals surface area contributed by atoms with E-state index in [-0.39, 0.29) is 19.4 Å². The topological polar surface area (TPSA) is 175 Å². The summed E-state index contributed by atoms with van der Waals surface area (Å²) < 4.78 is 17.7. The standard InChI is InChI=1S/C71H129NO10/c1-4-7-10-13-16-19-22-25-27-28-29-30-31-32-33-34-35-36-37-38-40-43-46-49-52-55-58-64(75)70(79)72-62(63(74)57-54-51-48-45-42-39-24-21-18-15-12-9-6-3)61-80-71-69(68(78)67(77)65(60-73)81-71)82-66(76)59-56-53-50-47-44-41-26-23-20-17-14-11-8-5-2/h16,19,25,27,29-30,32-33,54,57,62-65,67-69,71,73-75,77-78H,4-15,17-18,20-24,26,28,31,34-53,55-56,58-61H2,1-3H3,(H,72,79)/b19-16-,27-25-,30-29-,33-32-,57-54+. The second kappa shape index (κ2) is 58.7. The van der Waals surface area contributed by atoms with Gasteiger partial charge in [0, 0.05) is 6.42 Å². The molecule has 1 amide bonds. The fourth-order valence-electron chi connectivity index (χ4n) is 10.7. The van der Waals surface area contributed by atoms with Crippen molar-refractivity contribution in [1.82, 2.24) is 5.32 Å². The van der Waals surface area contributed by atoms with Crippen molar-refractivity contribution in [3.63, 3.8) is 0 Å². The molecule has 1 rings (SSSR count). The van der Waals surface area contributed by atoms with Gasteiger partial charge in [0.1, 0.15) is 24.4 Å². The van der Waals surface area contributed by atoms with Crippen LogP contribution in [-0.2, 0) is 23.8 Å². The first kappa shape index (κ1) is 77.4. The second-order valence-electron chi connectivity index (χ2n) is 23.9. The van der Waals surface area contributed by atoms with Crippen LogP contribution in [0.5, 0.6) is 0 Å². The fraction of sp³-hybridized carbons (Fsp3) is 0.831. The summed E-state index contributed by atoms with van der Waals surface area (Å²) in [7, 11) is 0. The van der Waals surface area contributed by atoms with E-state index in [0.717, 1.165) is 83.5 Å². The molecule has 0 radical (unpaired) electrons. The Labute approximate surface area is 503 Å². The summed E-state index contributed by atoms with van der Waals surface area (Å²) >= 11 is 0. The molecule has 6 N–H and O–H groups in total. The lowest BCUT2D eigenvalue weighted by molar-refractivity contribution is -0.305. The molecule has 11 nitrogen and oxygen atoms in total.